The second-order valence-corrected chi connectivity index (χ2v) is 5.84. The molecule has 0 radical (unpaired) electrons. The molecule has 0 bridgehead atoms. The van der Waals surface area contributed by atoms with E-state index in [0.717, 1.165) is 25.7 Å². The Bertz CT molecular complexity index is 380. The Balaban J connectivity index is 2.03. The first-order valence-electron chi connectivity index (χ1n) is 8.27. The Hall–Kier alpha value is -1.09. The van der Waals surface area contributed by atoms with Gasteiger partial charge in [-0.05, 0) is 31.7 Å². The minimum absolute atomic E-state index is 0.753. The van der Waals surface area contributed by atoms with Crippen LogP contribution in [0, 0.1) is 0 Å². The van der Waals surface area contributed by atoms with E-state index in [1.54, 1.807) is 0 Å². The molecule has 0 aliphatic heterocycles. The van der Waals surface area contributed by atoms with Gasteiger partial charge in [0.2, 0.25) is 0 Å². The van der Waals surface area contributed by atoms with Gasteiger partial charge >= 0.3 is 0 Å². The van der Waals surface area contributed by atoms with Crippen molar-refractivity contribution in [2.75, 3.05) is 18.0 Å². The van der Waals surface area contributed by atoms with Gasteiger partial charge in [0.15, 0.2) is 0 Å². The third kappa shape index (κ3) is 4.78. The van der Waals surface area contributed by atoms with E-state index in [-0.39, 0.29) is 0 Å². The van der Waals surface area contributed by atoms with Crippen molar-refractivity contribution in [3.63, 3.8) is 0 Å². The van der Waals surface area contributed by atoms with Gasteiger partial charge in [-0.25, -0.2) is 4.98 Å². The van der Waals surface area contributed by atoms with Gasteiger partial charge in [0, 0.05) is 37.4 Å². The van der Waals surface area contributed by atoms with Crippen LogP contribution < -0.4 is 10.2 Å². The lowest BCUT2D eigenvalue weighted by Crippen LogP contribution is -2.29. The summed E-state index contributed by atoms with van der Waals surface area (Å²) in [7, 11) is 0. The molecular formula is C17H29N3. The standard InChI is InChI=1S/C17H29N3/c1-3-5-12-20(13-6-4-2)17-15(8-7-11-18-17)14-19-16-9-10-16/h7-8,11,16,19H,3-6,9-10,12-14H2,1-2H3. The summed E-state index contributed by atoms with van der Waals surface area (Å²) >= 11 is 0. The van der Waals surface area contributed by atoms with Gasteiger partial charge in [0.1, 0.15) is 5.82 Å². The monoisotopic (exact) mass is 275 g/mol. The van der Waals surface area contributed by atoms with Crippen LogP contribution in [0.2, 0.25) is 0 Å². The summed E-state index contributed by atoms with van der Waals surface area (Å²) in [5.74, 6) is 1.20. The normalized spacial score (nSPS) is 14.5. The van der Waals surface area contributed by atoms with Crippen LogP contribution in [0.25, 0.3) is 0 Å². The lowest BCUT2D eigenvalue weighted by molar-refractivity contribution is 0.652. The zero-order valence-electron chi connectivity index (χ0n) is 13.1. The average molecular weight is 275 g/mol. The minimum Gasteiger partial charge on any atom is -0.356 e. The first kappa shape index (κ1) is 15.3. The van der Waals surface area contributed by atoms with Crippen molar-refractivity contribution in [2.24, 2.45) is 0 Å². The molecule has 1 saturated carbocycles. The van der Waals surface area contributed by atoms with E-state index < -0.39 is 0 Å². The summed E-state index contributed by atoms with van der Waals surface area (Å²) in [6, 6.07) is 5.04. The van der Waals surface area contributed by atoms with E-state index in [0.29, 0.717) is 0 Å². The van der Waals surface area contributed by atoms with E-state index >= 15 is 0 Å². The first-order valence-corrected chi connectivity index (χ1v) is 8.27. The number of anilines is 1. The predicted molar refractivity (Wildman–Crippen MR) is 86.1 cm³/mol. The number of hydrogen-bond acceptors (Lipinski definition) is 3. The molecule has 3 heteroatoms. The summed E-state index contributed by atoms with van der Waals surface area (Å²) in [6.07, 6.45) is 9.58. The van der Waals surface area contributed by atoms with Crippen LogP contribution >= 0.6 is 0 Å². The van der Waals surface area contributed by atoms with Gasteiger partial charge in [-0.15, -0.1) is 0 Å². The SMILES string of the molecule is CCCCN(CCCC)c1ncccc1CNC1CC1. The second-order valence-electron chi connectivity index (χ2n) is 5.84. The summed E-state index contributed by atoms with van der Waals surface area (Å²) in [5, 5.41) is 3.61. The molecule has 20 heavy (non-hydrogen) atoms. The fourth-order valence-corrected chi connectivity index (χ4v) is 2.42. The third-order valence-corrected chi connectivity index (χ3v) is 3.89. The molecule has 0 saturated heterocycles. The van der Waals surface area contributed by atoms with Gasteiger partial charge < -0.3 is 10.2 Å². The molecule has 1 aromatic heterocycles. The molecule has 0 amide bonds. The van der Waals surface area contributed by atoms with Crippen LogP contribution in [0.3, 0.4) is 0 Å². The van der Waals surface area contributed by atoms with Gasteiger partial charge in [0.05, 0.1) is 0 Å². The predicted octanol–water partition coefficient (Wildman–Crippen LogP) is 3.74. The highest BCUT2D eigenvalue weighted by molar-refractivity contribution is 5.46. The van der Waals surface area contributed by atoms with Gasteiger partial charge in [-0.3, -0.25) is 0 Å². The maximum Gasteiger partial charge on any atom is 0.133 e. The molecule has 1 heterocycles. The van der Waals surface area contributed by atoms with Crippen LogP contribution in [-0.2, 0) is 6.54 Å². The maximum absolute atomic E-state index is 4.67. The van der Waals surface area contributed by atoms with Crippen molar-refractivity contribution in [3.8, 4) is 0 Å². The molecule has 0 spiro atoms. The lowest BCUT2D eigenvalue weighted by Gasteiger charge is -2.26. The van der Waals surface area contributed by atoms with Crippen LogP contribution in [-0.4, -0.2) is 24.1 Å². The zero-order valence-corrected chi connectivity index (χ0v) is 13.1. The molecule has 0 atom stereocenters. The molecule has 1 aliphatic carbocycles. The van der Waals surface area contributed by atoms with Crippen LogP contribution in [0.1, 0.15) is 57.9 Å². The van der Waals surface area contributed by atoms with E-state index in [1.165, 1.54) is 49.9 Å². The summed E-state index contributed by atoms with van der Waals surface area (Å²) in [5.41, 5.74) is 1.35. The van der Waals surface area contributed by atoms with E-state index in [1.807, 2.05) is 6.20 Å². The van der Waals surface area contributed by atoms with Crippen LogP contribution in [0.5, 0.6) is 0 Å². The number of aromatic nitrogens is 1. The number of hydrogen-bond donors (Lipinski definition) is 1. The van der Waals surface area contributed by atoms with E-state index in [2.05, 4.69) is 41.2 Å². The van der Waals surface area contributed by atoms with Crippen LogP contribution in [0.4, 0.5) is 5.82 Å². The molecule has 1 fully saturated rings. The fraction of sp³-hybridized carbons (Fsp3) is 0.706. The maximum atomic E-state index is 4.67. The number of pyridine rings is 1. The zero-order chi connectivity index (χ0) is 14.2. The fourth-order valence-electron chi connectivity index (χ4n) is 2.42. The first-order chi connectivity index (χ1) is 9.85. The van der Waals surface area contributed by atoms with E-state index in [9.17, 15) is 0 Å². The molecule has 2 rings (SSSR count). The number of rotatable bonds is 10. The molecule has 1 aromatic rings. The topological polar surface area (TPSA) is 28.2 Å². The third-order valence-electron chi connectivity index (χ3n) is 3.89. The Morgan fingerprint density at radius 3 is 2.50 bits per heavy atom. The molecule has 0 aromatic carbocycles. The molecular weight excluding hydrogens is 246 g/mol. The molecule has 1 N–H and O–H groups in total. The summed E-state index contributed by atoms with van der Waals surface area (Å²) in [6.45, 7) is 7.73. The Kier molecular flexibility index (Phi) is 6.31. The van der Waals surface area contributed by atoms with Crippen molar-refractivity contribution in [3.05, 3.63) is 23.9 Å². The van der Waals surface area contributed by atoms with Crippen molar-refractivity contribution >= 4 is 5.82 Å². The minimum atomic E-state index is 0.753. The van der Waals surface area contributed by atoms with Gasteiger partial charge in [-0.2, -0.15) is 0 Å². The molecule has 3 nitrogen and oxygen atoms in total. The van der Waals surface area contributed by atoms with Crippen LogP contribution in [0.15, 0.2) is 18.3 Å². The highest BCUT2D eigenvalue weighted by Gasteiger charge is 2.21. The average Bonchev–Trinajstić information content (AvgIpc) is 3.30. The second kappa shape index (κ2) is 8.25. The number of nitrogens with one attached hydrogen (secondary N) is 1. The lowest BCUT2D eigenvalue weighted by atomic mass is 10.2. The quantitative estimate of drug-likeness (QED) is 0.705. The smallest absolute Gasteiger partial charge is 0.133 e. The largest absolute Gasteiger partial charge is 0.356 e. The highest BCUT2D eigenvalue weighted by atomic mass is 15.2. The van der Waals surface area contributed by atoms with E-state index in [4.69, 9.17) is 0 Å². The summed E-state index contributed by atoms with van der Waals surface area (Å²) in [4.78, 5) is 7.15. The molecule has 1 aliphatic rings. The Morgan fingerprint density at radius 1 is 1.20 bits per heavy atom. The van der Waals surface area contributed by atoms with Crippen molar-refractivity contribution in [2.45, 2.75) is 65.0 Å². The molecule has 0 unspecified atom stereocenters. The van der Waals surface area contributed by atoms with Crippen molar-refractivity contribution < 1.29 is 0 Å². The highest BCUT2D eigenvalue weighted by Crippen LogP contribution is 2.22. The van der Waals surface area contributed by atoms with Gasteiger partial charge in [-0.1, -0.05) is 32.8 Å². The molecule has 112 valence electrons. The van der Waals surface area contributed by atoms with Crippen molar-refractivity contribution in [1.82, 2.24) is 10.3 Å². The summed E-state index contributed by atoms with van der Waals surface area (Å²) < 4.78 is 0. The van der Waals surface area contributed by atoms with Crippen molar-refractivity contribution in [1.29, 1.82) is 0 Å². The number of nitrogens with zero attached hydrogens (tertiary/aromatic N) is 2. The number of unbranched alkanes of at least 4 members (excludes halogenated alkanes) is 2. The Labute approximate surface area is 123 Å². The van der Waals surface area contributed by atoms with Gasteiger partial charge in [0.25, 0.3) is 0 Å². The Morgan fingerprint density at radius 2 is 1.90 bits per heavy atom.